The minimum Gasteiger partial charge on any atom is -0.473 e. The van der Waals surface area contributed by atoms with Crippen LogP contribution < -0.4 is 10.5 Å². The highest BCUT2D eigenvalue weighted by molar-refractivity contribution is 9.10. The van der Waals surface area contributed by atoms with Crippen LogP contribution in [0.1, 0.15) is 11.1 Å². The fourth-order valence-corrected chi connectivity index (χ4v) is 1.79. The van der Waals surface area contributed by atoms with E-state index >= 15 is 0 Å². The topological polar surface area (TPSA) is 48.1 Å². The lowest BCUT2D eigenvalue weighted by molar-refractivity contribution is 0.293. The first-order valence-corrected chi connectivity index (χ1v) is 6.04. The van der Waals surface area contributed by atoms with Crippen molar-refractivity contribution in [3.63, 3.8) is 0 Å². The van der Waals surface area contributed by atoms with Crippen LogP contribution >= 0.6 is 15.9 Å². The maximum Gasteiger partial charge on any atom is 0.213 e. The van der Waals surface area contributed by atoms with Gasteiger partial charge >= 0.3 is 0 Å². The fourth-order valence-electron chi connectivity index (χ4n) is 1.39. The van der Waals surface area contributed by atoms with Gasteiger partial charge in [0.15, 0.2) is 0 Å². The second-order valence-corrected chi connectivity index (χ2v) is 4.61. The molecule has 1 aromatic heterocycles. The Morgan fingerprint density at radius 2 is 2.12 bits per heavy atom. The van der Waals surface area contributed by atoms with Crippen molar-refractivity contribution in [1.29, 1.82) is 0 Å². The number of ether oxygens (including phenoxy) is 1. The smallest absolute Gasteiger partial charge is 0.213 e. The summed E-state index contributed by atoms with van der Waals surface area (Å²) < 4.78 is 6.65. The van der Waals surface area contributed by atoms with Gasteiger partial charge in [0, 0.05) is 16.1 Å². The van der Waals surface area contributed by atoms with Crippen LogP contribution in [0.5, 0.6) is 5.88 Å². The van der Waals surface area contributed by atoms with Crippen LogP contribution in [0.2, 0.25) is 0 Å². The Morgan fingerprint density at radius 3 is 2.82 bits per heavy atom. The minimum absolute atomic E-state index is 0.484. The van der Waals surface area contributed by atoms with Crippen molar-refractivity contribution in [3.8, 4) is 5.88 Å². The number of halogens is 1. The first kappa shape index (κ1) is 11.9. The molecule has 0 saturated carbocycles. The summed E-state index contributed by atoms with van der Waals surface area (Å²) >= 11 is 3.48. The van der Waals surface area contributed by atoms with Gasteiger partial charge in [-0.15, -0.1) is 0 Å². The molecule has 0 spiro atoms. The van der Waals surface area contributed by atoms with Crippen LogP contribution in [-0.4, -0.2) is 4.98 Å². The SMILES string of the molecule is Cc1cc(OCc2ccccc2Br)ncc1N. The molecule has 1 aromatic carbocycles. The largest absolute Gasteiger partial charge is 0.473 e. The zero-order valence-electron chi connectivity index (χ0n) is 9.48. The molecule has 0 bridgehead atoms. The number of anilines is 1. The molecule has 0 unspecified atom stereocenters. The molecule has 0 atom stereocenters. The maximum atomic E-state index is 5.69. The summed E-state index contributed by atoms with van der Waals surface area (Å²) in [4.78, 5) is 4.12. The van der Waals surface area contributed by atoms with Gasteiger partial charge in [-0.3, -0.25) is 0 Å². The third kappa shape index (κ3) is 2.97. The molecule has 0 aliphatic rings. The predicted molar refractivity (Wildman–Crippen MR) is 71.9 cm³/mol. The van der Waals surface area contributed by atoms with Gasteiger partial charge in [-0.1, -0.05) is 34.1 Å². The third-order valence-corrected chi connectivity index (χ3v) is 3.23. The monoisotopic (exact) mass is 292 g/mol. The Kier molecular flexibility index (Phi) is 3.64. The van der Waals surface area contributed by atoms with Crippen LogP contribution in [0.25, 0.3) is 0 Å². The van der Waals surface area contributed by atoms with Gasteiger partial charge in [-0.25, -0.2) is 4.98 Å². The number of aryl methyl sites for hydroxylation is 1. The first-order chi connectivity index (χ1) is 8.16. The van der Waals surface area contributed by atoms with Gasteiger partial charge < -0.3 is 10.5 Å². The van der Waals surface area contributed by atoms with Crippen molar-refractivity contribution in [2.75, 3.05) is 5.73 Å². The van der Waals surface area contributed by atoms with E-state index in [1.54, 1.807) is 6.20 Å². The summed E-state index contributed by atoms with van der Waals surface area (Å²) in [5.74, 6) is 0.590. The number of hydrogen-bond acceptors (Lipinski definition) is 3. The van der Waals surface area contributed by atoms with Gasteiger partial charge in [0.05, 0.1) is 11.9 Å². The fraction of sp³-hybridized carbons (Fsp3) is 0.154. The minimum atomic E-state index is 0.484. The van der Waals surface area contributed by atoms with Gasteiger partial charge in [0.1, 0.15) is 6.61 Å². The van der Waals surface area contributed by atoms with Gasteiger partial charge in [-0.2, -0.15) is 0 Å². The second kappa shape index (κ2) is 5.19. The van der Waals surface area contributed by atoms with Crippen LogP contribution in [-0.2, 0) is 6.61 Å². The molecule has 0 saturated heterocycles. The van der Waals surface area contributed by atoms with Crippen molar-refractivity contribution < 1.29 is 4.74 Å². The molecule has 2 rings (SSSR count). The molecule has 88 valence electrons. The van der Waals surface area contributed by atoms with Crippen molar-refractivity contribution in [1.82, 2.24) is 4.98 Å². The zero-order valence-corrected chi connectivity index (χ0v) is 11.1. The van der Waals surface area contributed by atoms with E-state index in [2.05, 4.69) is 20.9 Å². The first-order valence-electron chi connectivity index (χ1n) is 5.25. The number of nitrogens with zero attached hydrogens (tertiary/aromatic N) is 1. The summed E-state index contributed by atoms with van der Waals surface area (Å²) in [6.45, 7) is 2.42. The van der Waals surface area contributed by atoms with E-state index in [1.165, 1.54) is 0 Å². The molecular weight excluding hydrogens is 280 g/mol. The Hall–Kier alpha value is -1.55. The normalized spacial score (nSPS) is 10.2. The lowest BCUT2D eigenvalue weighted by atomic mass is 10.2. The number of benzene rings is 1. The van der Waals surface area contributed by atoms with Crippen molar-refractivity contribution in [2.24, 2.45) is 0 Å². The number of rotatable bonds is 3. The molecule has 2 N–H and O–H groups in total. The Morgan fingerprint density at radius 1 is 1.35 bits per heavy atom. The molecule has 0 amide bonds. The molecule has 17 heavy (non-hydrogen) atoms. The summed E-state index contributed by atoms with van der Waals surface area (Å²) in [6.07, 6.45) is 1.62. The second-order valence-electron chi connectivity index (χ2n) is 3.76. The van der Waals surface area contributed by atoms with Crippen LogP contribution in [0.15, 0.2) is 41.0 Å². The van der Waals surface area contributed by atoms with E-state index in [0.29, 0.717) is 18.2 Å². The lowest BCUT2D eigenvalue weighted by Gasteiger charge is -2.08. The average Bonchev–Trinajstić information content (AvgIpc) is 2.32. The highest BCUT2D eigenvalue weighted by Crippen LogP contribution is 2.19. The van der Waals surface area contributed by atoms with Crippen LogP contribution in [0.3, 0.4) is 0 Å². The Balaban J connectivity index is 2.08. The molecule has 0 aliphatic heterocycles. The molecule has 1 heterocycles. The van der Waals surface area contributed by atoms with Gasteiger partial charge in [0.2, 0.25) is 5.88 Å². The zero-order chi connectivity index (χ0) is 12.3. The van der Waals surface area contributed by atoms with E-state index in [-0.39, 0.29) is 0 Å². The third-order valence-electron chi connectivity index (χ3n) is 2.46. The Labute approximate surface area is 109 Å². The van der Waals surface area contributed by atoms with E-state index in [9.17, 15) is 0 Å². The average molecular weight is 293 g/mol. The molecule has 3 nitrogen and oxygen atoms in total. The number of nitrogen functional groups attached to an aromatic ring is 1. The predicted octanol–water partition coefficient (Wildman–Crippen LogP) is 3.31. The summed E-state index contributed by atoms with van der Waals surface area (Å²) in [5.41, 5.74) is 8.43. The van der Waals surface area contributed by atoms with Crippen LogP contribution in [0, 0.1) is 6.92 Å². The number of aromatic nitrogens is 1. The van der Waals surface area contributed by atoms with Crippen molar-refractivity contribution >= 4 is 21.6 Å². The van der Waals surface area contributed by atoms with E-state index < -0.39 is 0 Å². The van der Waals surface area contributed by atoms with Crippen LogP contribution in [0.4, 0.5) is 5.69 Å². The van der Waals surface area contributed by atoms with E-state index in [0.717, 1.165) is 15.6 Å². The summed E-state index contributed by atoms with van der Waals surface area (Å²) in [7, 11) is 0. The quantitative estimate of drug-likeness (QED) is 0.944. The summed E-state index contributed by atoms with van der Waals surface area (Å²) in [6, 6.07) is 9.78. The lowest BCUT2D eigenvalue weighted by Crippen LogP contribution is -1.99. The highest BCUT2D eigenvalue weighted by atomic mass is 79.9. The number of nitrogens with two attached hydrogens (primary N) is 1. The molecule has 0 fully saturated rings. The number of hydrogen-bond donors (Lipinski definition) is 1. The van der Waals surface area contributed by atoms with E-state index in [1.807, 2.05) is 37.3 Å². The van der Waals surface area contributed by atoms with Crippen molar-refractivity contribution in [2.45, 2.75) is 13.5 Å². The molecule has 4 heteroatoms. The highest BCUT2D eigenvalue weighted by Gasteiger charge is 2.02. The van der Waals surface area contributed by atoms with Gasteiger partial charge in [0.25, 0.3) is 0 Å². The van der Waals surface area contributed by atoms with Gasteiger partial charge in [-0.05, 0) is 18.6 Å². The maximum absolute atomic E-state index is 5.69. The van der Waals surface area contributed by atoms with Crippen molar-refractivity contribution in [3.05, 3.63) is 52.1 Å². The Bertz CT molecular complexity index is 529. The molecule has 2 aromatic rings. The standard InChI is InChI=1S/C13H13BrN2O/c1-9-6-13(16-7-12(9)15)17-8-10-4-2-3-5-11(10)14/h2-7H,8,15H2,1H3. The molecule has 0 radical (unpaired) electrons. The summed E-state index contributed by atoms with van der Waals surface area (Å²) in [5, 5.41) is 0. The number of pyridine rings is 1. The molecule has 0 aliphatic carbocycles. The van der Waals surface area contributed by atoms with E-state index in [4.69, 9.17) is 10.5 Å². The molecular formula is C13H13BrN2O.